The van der Waals surface area contributed by atoms with Crippen molar-refractivity contribution < 1.29 is 4.74 Å². The van der Waals surface area contributed by atoms with E-state index in [1.165, 1.54) is 12.8 Å². The summed E-state index contributed by atoms with van der Waals surface area (Å²) >= 11 is 0. The van der Waals surface area contributed by atoms with E-state index < -0.39 is 0 Å². The largest absolute Gasteiger partial charge is 0.380 e. The van der Waals surface area contributed by atoms with Crippen molar-refractivity contribution in [2.24, 2.45) is 13.0 Å². The fourth-order valence-corrected chi connectivity index (χ4v) is 1.37. The lowest BCUT2D eigenvalue weighted by molar-refractivity contribution is 0.126. The zero-order valence-electron chi connectivity index (χ0n) is 9.15. The second kappa shape index (κ2) is 5.23. The monoisotopic (exact) mass is 210 g/mol. The van der Waals surface area contributed by atoms with Gasteiger partial charge < -0.3 is 10.1 Å². The summed E-state index contributed by atoms with van der Waals surface area (Å²) in [6, 6.07) is 0. The van der Waals surface area contributed by atoms with E-state index in [0.717, 1.165) is 37.9 Å². The topological polar surface area (TPSA) is 52.0 Å². The van der Waals surface area contributed by atoms with Gasteiger partial charge in [-0.05, 0) is 18.8 Å². The molecule has 0 atom stereocenters. The molecule has 5 heteroatoms. The van der Waals surface area contributed by atoms with Gasteiger partial charge in [0.1, 0.15) is 0 Å². The van der Waals surface area contributed by atoms with Gasteiger partial charge in [-0.2, -0.15) is 0 Å². The molecule has 5 nitrogen and oxygen atoms in total. The molecule has 1 aromatic rings. The first kappa shape index (κ1) is 10.6. The Labute approximate surface area is 89.8 Å². The Kier molecular flexibility index (Phi) is 3.69. The third kappa shape index (κ3) is 3.60. The van der Waals surface area contributed by atoms with Crippen molar-refractivity contribution >= 4 is 0 Å². The van der Waals surface area contributed by atoms with Gasteiger partial charge in [0.25, 0.3) is 0 Å². The highest BCUT2D eigenvalue weighted by atomic mass is 16.5. The Balaban J connectivity index is 1.49. The van der Waals surface area contributed by atoms with Crippen LogP contribution in [0.25, 0.3) is 0 Å². The number of rotatable bonds is 7. The highest BCUT2D eigenvalue weighted by Crippen LogP contribution is 2.28. The predicted octanol–water partition coefficient (Wildman–Crippen LogP) is 0.331. The van der Waals surface area contributed by atoms with Crippen LogP contribution in [-0.4, -0.2) is 34.8 Å². The fraction of sp³-hybridized carbons (Fsp3) is 0.800. The van der Waals surface area contributed by atoms with Crippen LogP contribution in [0.1, 0.15) is 18.5 Å². The average Bonchev–Trinajstić information content (AvgIpc) is 2.96. The SMILES string of the molecule is Cn1nncc1CNCCOCC1CC1. The van der Waals surface area contributed by atoms with Crippen LogP contribution >= 0.6 is 0 Å². The quantitative estimate of drug-likeness (QED) is 0.659. The molecule has 84 valence electrons. The predicted molar refractivity (Wildman–Crippen MR) is 56.3 cm³/mol. The van der Waals surface area contributed by atoms with Crippen LogP contribution in [0, 0.1) is 5.92 Å². The summed E-state index contributed by atoms with van der Waals surface area (Å²) < 4.78 is 7.28. The first-order valence-electron chi connectivity index (χ1n) is 5.48. The number of hydrogen-bond donors (Lipinski definition) is 1. The molecule has 0 amide bonds. The van der Waals surface area contributed by atoms with Crippen LogP contribution in [0.2, 0.25) is 0 Å². The Morgan fingerprint density at radius 1 is 1.60 bits per heavy atom. The van der Waals surface area contributed by atoms with E-state index >= 15 is 0 Å². The lowest BCUT2D eigenvalue weighted by atomic mass is 10.4. The lowest BCUT2D eigenvalue weighted by Crippen LogP contribution is -2.21. The van der Waals surface area contributed by atoms with Crippen LogP contribution in [0.4, 0.5) is 0 Å². The second-order valence-corrected chi connectivity index (χ2v) is 4.04. The molecule has 0 aliphatic heterocycles. The molecule has 0 radical (unpaired) electrons. The van der Waals surface area contributed by atoms with Gasteiger partial charge in [0.2, 0.25) is 0 Å². The number of aromatic nitrogens is 3. The van der Waals surface area contributed by atoms with E-state index in [2.05, 4.69) is 15.6 Å². The summed E-state index contributed by atoms with van der Waals surface area (Å²) in [5.41, 5.74) is 1.09. The van der Waals surface area contributed by atoms with Gasteiger partial charge in [0.15, 0.2) is 0 Å². The van der Waals surface area contributed by atoms with Crippen molar-refractivity contribution in [3.63, 3.8) is 0 Å². The van der Waals surface area contributed by atoms with Gasteiger partial charge in [-0.15, -0.1) is 5.10 Å². The van der Waals surface area contributed by atoms with E-state index in [-0.39, 0.29) is 0 Å². The van der Waals surface area contributed by atoms with E-state index in [1.54, 1.807) is 10.9 Å². The molecule has 1 saturated carbocycles. The van der Waals surface area contributed by atoms with E-state index in [9.17, 15) is 0 Å². The lowest BCUT2D eigenvalue weighted by Gasteiger charge is -2.05. The van der Waals surface area contributed by atoms with Crippen LogP contribution in [0.5, 0.6) is 0 Å². The molecule has 1 heterocycles. The molecular formula is C10H18N4O. The van der Waals surface area contributed by atoms with Crippen molar-refractivity contribution in [2.45, 2.75) is 19.4 Å². The van der Waals surface area contributed by atoms with E-state index in [4.69, 9.17) is 4.74 Å². The van der Waals surface area contributed by atoms with Crippen LogP contribution < -0.4 is 5.32 Å². The van der Waals surface area contributed by atoms with Crippen molar-refractivity contribution in [3.8, 4) is 0 Å². The molecule has 2 rings (SSSR count). The molecule has 0 bridgehead atoms. The molecule has 1 aliphatic carbocycles. The van der Waals surface area contributed by atoms with Crippen LogP contribution in [0.3, 0.4) is 0 Å². The molecule has 1 aromatic heterocycles. The maximum atomic E-state index is 5.51. The van der Waals surface area contributed by atoms with Crippen molar-refractivity contribution in [2.75, 3.05) is 19.8 Å². The maximum absolute atomic E-state index is 5.51. The summed E-state index contributed by atoms with van der Waals surface area (Å²) in [7, 11) is 1.90. The Morgan fingerprint density at radius 2 is 2.47 bits per heavy atom. The molecule has 15 heavy (non-hydrogen) atoms. The molecule has 0 spiro atoms. The highest BCUT2D eigenvalue weighted by molar-refractivity contribution is 4.91. The molecule has 0 unspecified atom stereocenters. The Hall–Kier alpha value is -0.940. The van der Waals surface area contributed by atoms with Gasteiger partial charge in [0.05, 0.1) is 18.5 Å². The van der Waals surface area contributed by atoms with Crippen molar-refractivity contribution in [3.05, 3.63) is 11.9 Å². The molecule has 1 aliphatic rings. The summed E-state index contributed by atoms with van der Waals surface area (Å²) in [6.45, 7) is 3.42. The number of nitrogens with one attached hydrogen (secondary N) is 1. The first-order valence-corrected chi connectivity index (χ1v) is 5.48. The summed E-state index contributed by atoms with van der Waals surface area (Å²) in [4.78, 5) is 0. The summed E-state index contributed by atoms with van der Waals surface area (Å²) in [5, 5.41) is 11.0. The third-order valence-electron chi connectivity index (χ3n) is 2.59. The zero-order chi connectivity index (χ0) is 10.5. The number of nitrogens with zero attached hydrogens (tertiary/aromatic N) is 3. The molecular weight excluding hydrogens is 192 g/mol. The number of ether oxygens (including phenoxy) is 1. The average molecular weight is 210 g/mol. The van der Waals surface area contributed by atoms with Crippen molar-refractivity contribution in [1.29, 1.82) is 0 Å². The fourth-order valence-electron chi connectivity index (χ4n) is 1.37. The van der Waals surface area contributed by atoms with E-state index in [0.29, 0.717) is 0 Å². The number of aryl methyl sites for hydroxylation is 1. The van der Waals surface area contributed by atoms with E-state index in [1.807, 2.05) is 7.05 Å². The molecule has 1 fully saturated rings. The van der Waals surface area contributed by atoms with Gasteiger partial charge in [-0.3, -0.25) is 4.68 Å². The minimum Gasteiger partial charge on any atom is -0.380 e. The minimum absolute atomic E-state index is 0.793. The van der Waals surface area contributed by atoms with Gasteiger partial charge in [-0.25, -0.2) is 0 Å². The van der Waals surface area contributed by atoms with Gasteiger partial charge >= 0.3 is 0 Å². The highest BCUT2D eigenvalue weighted by Gasteiger charge is 2.20. The molecule has 1 N–H and O–H groups in total. The maximum Gasteiger partial charge on any atom is 0.0738 e. The minimum atomic E-state index is 0.793. The van der Waals surface area contributed by atoms with Gasteiger partial charge in [-0.1, -0.05) is 5.21 Å². The normalized spacial score (nSPS) is 15.8. The molecule has 0 saturated heterocycles. The van der Waals surface area contributed by atoms with Crippen molar-refractivity contribution in [1.82, 2.24) is 20.3 Å². The summed E-state index contributed by atoms with van der Waals surface area (Å²) in [5.74, 6) is 0.853. The number of hydrogen-bond acceptors (Lipinski definition) is 4. The van der Waals surface area contributed by atoms with Gasteiger partial charge in [0, 0.05) is 26.7 Å². The zero-order valence-corrected chi connectivity index (χ0v) is 9.15. The summed E-state index contributed by atoms with van der Waals surface area (Å²) in [6.07, 6.45) is 4.49. The second-order valence-electron chi connectivity index (χ2n) is 4.04. The smallest absolute Gasteiger partial charge is 0.0738 e. The third-order valence-corrected chi connectivity index (χ3v) is 2.59. The van der Waals surface area contributed by atoms with Crippen LogP contribution in [-0.2, 0) is 18.3 Å². The molecule has 0 aromatic carbocycles. The first-order chi connectivity index (χ1) is 7.36. The Bertz CT molecular complexity index is 295. The standard InChI is InChI=1S/C10H18N4O/c1-14-10(7-12-13-14)6-11-4-5-15-8-9-2-3-9/h7,9,11H,2-6,8H2,1H3. The Morgan fingerprint density at radius 3 is 3.13 bits per heavy atom. The van der Waals surface area contributed by atoms with Crippen LogP contribution in [0.15, 0.2) is 6.20 Å².